The molecule has 0 aliphatic carbocycles. The second kappa shape index (κ2) is 11.4. The summed E-state index contributed by atoms with van der Waals surface area (Å²) in [5, 5.41) is 17.8. The average molecular weight is 494 g/mol. The van der Waals surface area contributed by atoms with E-state index in [-0.39, 0.29) is 42.5 Å². The third kappa shape index (κ3) is 6.21. The average Bonchev–Trinajstić information content (AvgIpc) is 3.25. The largest absolute Gasteiger partial charge is 0.394 e. The van der Waals surface area contributed by atoms with E-state index in [0.29, 0.717) is 25.9 Å². The van der Waals surface area contributed by atoms with E-state index in [9.17, 15) is 18.3 Å². The van der Waals surface area contributed by atoms with E-state index in [1.807, 2.05) is 13.8 Å². The minimum atomic E-state index is -3.72. The molecule has 0 fully saturated rings. The highest BCUT2D eigenvalue weighted by molar-refractivity contribution is 7.89. The van der Waals surface area contributed by atoms with Crippen molar-refractivity contribution in [3.63, 3.8) is 0 Å². The zero-order valence-corrected chi connectivity index (χ0v) is 21.1. The van der Waals surface area contributed by atoms with Crippen molar-refractivity contribution >= 4 is 15.9 Å². The van der Waals surface area contributed by atoms with Gasteiger partial charge in [0.1, 0.15) is 0 Å². The number of nitrogens with zero attached hydrogens (tertiary/aromatic N) is 5. The Morgan fingerprint density at radius 2 is 2.00 bits per heavy atom. The molecule has 1 aromatic carbocycles. The lowest BCUT2D eigenvalue weighted by Crippen LogP contribution is -2.47. The summed E-state index contributed by atoms with van der Waals surface area (Å²) in [6.45, 7) is 6.69. The fourth-order valence-electron chi connectivity index (χ4n) is 3.99. The van der Waals surface area contributed by atoms with Crippen LogP contribution in [0.15, 0.2) is 35.4 Å². The molecule has 10 nitrogen and oxygen atoms in total. The van der Waals surface area contributed by atoms with Gasteiger partial charge in [0.2, 0.25) is 15.9 Å². The molecule has 0 unspecified atom stereocenters. The summed E-state index contributed by atoms with van der Waals surface area (Å²) in [4.78, 5) is 14.8. The lowest BCUT2D eigenvalue weighted by atomic mass is 10.0. The number of aryl methyl sites for hydroxylation is 2. The summed E-state index contributed by atoms with van der Waals surface area (Å²) < 4.78 is 35.6. The first-order chi connectivity index (χ1) is 16.1. The number of carbonyl (C=O) groups excluding carboxylic acids is 1. The maximum absolute atomic E-state index is 13.2. The predicted molar refractivity (Wildman–Crippen MR) is 126 cm³/mol. The summed E-state index contributed by atoms with van der Waals surface area (Å²) in [7, 11) is -2.19. The second-order valence-corrected chi connectivity index (χ2v) is 11.1. The Balaban J connectivity index is 1.86. The van der Waals surface area contributed by atoms with Crippen LogP contribution in [0.25, 0.3) is 0 Å². The van der Waals surface area contributed by atoms with Crippen LogP contribution < -0.4 is 0 Å². The van der Waals surface area contributed by atoms with Crippen molar-refractivity contribution in [2.24, 2.45) is 5.92 Å². The number of likely N-dealkylation sites (N-methyl/N-ethyl adjacent to an activating group) is 1. The van der Waals surface area contributed by atoms with Crippen LogP contribution >= 0.6 is 0 Å². The first-order valence-corrected chi connectivity index (χ1v) is 13.0. The fourth-order valence-corrected chi connectivity index (χ4v) is 5.17. The second-order valence-electron chi connectivity index (χ2n) is 9.06. The topological polar surface area (TPSA) is 118 Å². The number of benzene rings is 1. The van der Waals surface area contributed by atoms with E-state index in [4.69, 9.17) is 4.74 Å². The van der Waals surface area contributed by atoms with Gasteiger partial charge in [0.15, 0.2) is 0 Å². The number of sulfonamides is 1. The fraction of sp³-hybridized carbons (Fsp3) is 0.609. The van der Waals surface area contributed by atoms with Gasteiger partial charge in [-0.3, -0.25) is 4.79 Å². The molecule has 2 aromatic rings. The third-order valence-electron chi connectivity index (χ3n) is 6.31. The maximum Gasteiger partial charge on any atom is 0.242 e. The number of carbonyl (C=O) groups is 1. The van der Waals surface area contributed by atoms with Gasteiger partial charge in [-0.1, -0.05) is 29.8 Å². The summed E-state index contributed by atoms with van der Waals surface area (Å²) in [6.07, 6.45) is 2.04. The molecular weight excluding hydrogens is 458 g/mol. The Morgan fingerprint density at radius 1 is 1.29 bits per heavy atom. The molecular formula is C23H35N5O5S. The maximum atomic E-state index is 13.2. The number of ether oxygens (including phenoxy) is 1. The van der Waals surface area contributed by atoms with E-state index in [1.165, 1.54) is 11.4 Å². The van der Waals surface area contributed by atoms with Gasteiger partial charge in [-0.25, -0.2) is 13.1 Å². The van der Waals surface area contributed by atoms with E-state index in [1.54, 1.807) is 47.0 Å². The number of aliphatic hydroxyl groups is 1. The molecule has 1 amide bonds. The van der Waals surface area contributed by atoms with Gasteiger partial charge in [0, 0.05) is 39.0 Å². The van der Waals surface area contributed by atoms with Crippen LogP contribution in [0, 0.1) is 12.8 Å². The van der Waals surface area contributed by atoms with Crippen LogP contribution in [0.1, 0.15) is 37.9 Å². The monoisotopic (exact) mass is 493 g/mol. The van der Waals surface area contributed by atoms with Crippen molar-refractivity contribution in [2.45, 2.75) is 63.8 Å². The molecule has 0 saturated heterocycles. The van der Waals surface area contributed by atoms with Crippen molar-refractivity contribution in [3.8, 4) is 0 Å². The van der Waals surface area contributed by atoms with Crippen molar-refractivity contribution in [1.82, 2.24) is 24.2 Å². The van der Waals surface area contributed by atoms with Gasteiger partial charge >= 0.3 is 0 Å². The van der Waals surface area contributed by atoms with Gasteiger partial charge in [0.05, 0.1) is 42.1 Å². The van der Waals surface area contributed by atoms with Crippen LogP contribution in [-0.4, -0.2) is 82.5 Å². The van der Waals surface area contributed by atoms with Gasteiger partial charge in [-0.15, -0.1) is 5.10 Å². The minimum absolute atomic E-state index is 0.0602. The number of fused-ring (bicyclic) bond motifs is 1. The number of amides is 1. The molecule has 1 aromatic heterocycles. The van der Waals surface area contributed by atoms with Crippen molar-refractivity contribution in [3.05, 3.63) is 41.7 Å². The zero-order chi connectivity index (χ0) is 24.9. The van der Waals surface area contributed by atoms with E-state index in [2.05, 4.69) is 10.3 Å². The minimum Gasteiger partial charge on any atom is -0.394 e. The molecule has 1 aliphatic rings. The van der Waals surface area contributed by atoms with Crippen molar-refractivity contribution < 1.29 is 23.1 Å². The van der Waals surface area contributed by atoms with E-state index in [0.717, 1.165) is 11.3 Å². The number of hydrogen-bond donors (Lipinski definition) is 1. The molecule has 34 heavy (non-hydrogen) atoms. The normalized spacial score (nSPS) is 21.6. The Kier molecular flexibility index (Phi) is 8.80. The number of aromatic nitrogens is 3. The van der Waals surface area contributed by atoms with E-state index < -0.39 is 16.1 Å². The highest BCUT2D eigenvalue weighted by Crippen LogP contribution is 2.21. The Hall–Kier alpha value is -2.34. The van der Waals surface area contributed by atoms with E-state index >= 15 is 0 Å². The highest BCUT2D eigenvalue weighted by atomic mass is 32.2. The van der Waals surface area contributed by atoms with Crippen LogP contribution in [0.4, 0.5) is 0 Å². The standard InChI is InChI=1S/C23H35N5O5S/c1-17-7-9-21(10-8-17)34(31,32)26(4)14-22-18(2)13-27(19(3)15-29)23(30)6-5-11-28-20(16-33-22)12-24-25-28/h7-10,12,18-19,22,29H,5-6,11,13-16H2,1-4H3/t18-,19+,22+/m0/s1. The van der Waals surface area contributed by atoms with Crippen LogP contribution in [-0.2, 0) is 32.7 Å². The zero-order valence-electron chi connectivity index (χ0n) is 20.3. The molecule has 1 aliphatic heterocycles. The summed E-state index contributed by atoms with van der Waals surface area (Å²) in [5.74, 6) is -0.257. The van der Waals surface area contributed by atoms with Crippen LogP contribution in [0.5, 0.6) is 0 Å². The van der Waals surface area contributed by atoms with Crippen molar-refractivity contribution in [1.29, 1.82) is 0 Å². The van der Waals surface area contributed by atoms with Crippen LogP contribution in [0.2, 0.25) is 0 Å². The quantitative estimate of drug-likeness (QED) is 0.647. The lowest BCUT2D eigenvalue weighted by molar-refractivity contribution is -0.136. The van der Waals surface area contributed by atoms with Crippen molar-refractivity contribution in [2.75, 3.05) is 26.7 Å². The first-order valence-electron chi connectivity index (χ1n) is 11.6. The highest BCUT2D eigenvalue weighted by Gasteiger charge is 2.31. The molecule has 0 spiro atoms. The molecule has 11 heteroatoms. The van der Waals surface area contributed by atoms with Gasteiger partial charge in [0.25, 0.3) is 0 Å². The van der Waals surface area contributed by atoms with Gasteiger partial charge < -0.3 is 14.7 Å². The summed E-state index contributed by atoms with van der Waals surface area (Å²) in [6, 6.07) is 6.38. The molecule has 3 atom stereocenters. The molecule has 2 heterocycles. The lowest BCUT2D eigenvalue weighted by Gasteiger charge is -2.35. The van der Waals surface area contributed by atoms with Crippen LogP contribution in [0.3, 0.4) is 0 Å². The first kappa shape index (κ1) is 26.3. The van der Waals surface area contributed by atoms with Gasteiger partial charge in [-0.05, 0) is 32.4 Å². The molecule has 188 valence electrons. The SMILES string of the molecule is Cc1ccc(S(=O)(=O)N(C)C[C@H]2OCc3cnnn3CCCC(=O)N([C@H](C)CO)C[C@@H]2C)cc1. The number of aliphatic hydroxyl groups excluding tert-OH is 1. The predicted octanol–water partition coefficient (Wildman–Crippen LogP) is 1.43. The Bertz CT molecular complexity index is 1060. The molecule has 1 N–H and O–H groups in total. The summed E-state index contributed by atoms with van der Waals surface area (Å²) >= 11 is 0. The Morgan fingerprint density at radius 3 is 2.68 bits per heavy atom. The number of hydrogen-bond acceptors (Lipinski definition) is 7. The molecule has 3 rings (SSSR count). The molecule has 0 saturated carbocycles. The Labute approximate surface area is 201 Å². The summed E-state index contributed by atoms with van der Waals surface area (Å²) in [5.41, 5.74) is 1.75. The van der Waals surface area contributed by atoms with Gasteiger partial charge in [-0.2, -0.15) is 4.31 Å². The third-order valence-corrected chi connectivity index (χ3v) is 8.14. The molecule has 0 radical (unpaired) electrons. The molecule has 0 bridgehead atoms. The smallest absolute Gasteiger partial charge is 0.242 e. The number of rotatable bonds is 6.